The van der Waals surface area contributed by atoms with E-state index in [1.165, 1.54) is 6.07 Å². The van der Waals surface area contributed by atoms with Crippen LogP contribution in [0.3, 0.4) is 0 Å². The first-order valence-corrected chi connectivity index (χ1v) is 8.82. The first kappa shape index (κ1) is 18.3. The summed E-state index contributed by atoms with van der Waals surface area (Å²) in [5, 5.41) is 7.13. The maximum Gasteiger partial charge on any atom is 0.275 e. The lowest BCUT2D eigenvalue weighted by Crippen LogP contribution is -2.47. The number of hydrogen-bond acceptors (Lipinski definition) is 5. The minimum atomic E-state index is -0.445. The SMILES string of the molecule is Cc1cc(=O)c(C(=O)NCC(C)N2CCOCC2)nn1-c1ccccc1. The first-order chi connectivity index (χ1) is 12.6. The molecule has 2 heterocycles. The van der Waals surface area contributed by atoms with Crippen LogP contribution in [0.1, 0.15) is 23.1 Å². The van der Waals surface area contributed by atoms with Crippen LogP contribution >= 0.6 is 0 Å². The Hall–Kier alpha value is -2.51. The lowest BCUT2D eigenvalue weighted by atomic mass is 10.2. The third-order valence-corrected chi connectivity index (χ3v) is 4.55. The second-order valence-electron chi connectivity index (χ2n) is 6.45. The molecule has 1 aromatic heterocycles. The number of para-hydroxylation sites is 1. The van der Waals surface area contributed by atoms with Crippen molar-refractivity contribution in [2.75, 3.05) is 32.8 Å². The molecule has 7 heteroatoms. The Balaban J connectivity index is 1.73. The zero-order valence-corrected chi connectivity index (χ0v) is 15.1. The summed E-state index contributed by atoms with van der Waals surface area (Å²) in [6, 6.07) is 11.1. The van der Waals surface area contributed by atoms with Crippen molar-refractivity contribution in [1.82, 2.24) is 20.0 Å². The number of nitrogens with one attached hydrogen (secondary N) is 1. The van der Waals surface area contributed by atoms with Crippen molar-refractivity contribution in [3.05, 3.63) is 58.0 Å². The lowest BCUT2D eigenvalue weighted by molar-refractivity contribution is 0.0204. The highest BCUT2D eigenvalue weighted by atomic mass is 16.5. The van der Waals surface area contributed by atoms with E-state index in [-0.39, 0.29) is 17.2 Å². The van der Waals surface area contributed by atoms with Crippen LogP contribution in [-0.4, -0.2) is 59.5 Å². The second kappa shape index (κ2) is 8.25. The molecular weight excluding hydrogens is 332 g/mol. The molecule has 0 bridgehead atoms. The smallest absolute Gasteiger partial charge is 0.275 e. The molecular formula is C19H24N4O3. The fourth-order valence-electron chi connectivity index (χ4n) is 3.01. The van der Waals surface area contributed by atoms with Crippen LogP contribution in [0.15, 0.2) is 41.2 Å². The Morgan fingerprint density at radius 3 is 2.65 bits per heavy atom. The average Bonchev–Trinajstić information content (AvgIpc) is 2.67. The van der Waals surface area contributed by atoms with Crippen LogP contribution in [0.2, 0.25) is 0 Å². The molecule has 7 nitrogen and oxygen atoms in total. The number of aromatic nitrogens is 2. The van der Waals surface area contributed by atoms with Crippen molar-refractivity contribution in [2.24, 2.45) is 0 Å². The number of morpholine rings is 1. The van der Waals surface area contributed by atoms with E-state index < -0.39 is 5.91 Å². The van der Waals surface area contributed by atoms with E-state index in [1.54, 1.807) is 11.6 Å². The van der Waals surface area contributed by atoms with Gasteiger partial charge in [-0.2, -0.15) is 5.10 Å². The van der Waals surface area contributed by atoms with E-state index >= 15 is 0 Å². The topological polar surface area (TPSA) is 76.5 Å². The molecule has 1 aliphatic rings. The number of carbonyl (C=O) groups is 1. The molecule has 0 spiro atoms. The number of nitrogens with zero attached hydrogens (tertiary/aromatic N) is 3. The highest BCUT2D eigenvalue weighted by molar-refractivity contribution is 5.92. The predicted octanol–water partition coefficient (Wildman–Crippen LogP) is 0.991. The van der Waals surface area contributed by atoms with E-state index in [0.29, 0.717) is 25.5 Å². The van der Waals surface area contributed by atoms with Gasteiger partial charge in [-0.05, 0) is 26.0 Å². The van der Waals surface area contributed by atoms with Gasteiger partial charge in [0, 0.05) is 37.4 Å². The Morgan fingerprint density at radius 2 is 1.96 bits per heavy atom. The zero-order valence-electron chi connectivity index (χ0n) is 15.1. The van der Waals surface area contributed by atoms with Crippen molar-refractivity contribution in [3.63, 3.8) is 0 Å². The minimum absolute atomic E-state index is 0.0892. The highest BCUT2D eigenvalue weighted by Gasteiger charge is 2.20. The zero-order chi connectivity index (χ0) is 18.5. The van der Waals surface area contributed by atoms with Gasteiger partial charge in [0.1, 0.15) is 0 Å². The Labute approximate surface area is 152 Å². The van der Waals surface area contributed by atoms with Gasteiger partial charge in [0.05, 0.1) is 18.9 Å². The fourth-order valence-corrected chi connectivity index (χ4v) is 3.01. The summed E-state index contributed by atoms with van der Waals surface area (Å²) in [6.45, 7) is 7.42. The summed E-state index contributed by atoms with van der Waals surface area (Å²) < 4.78 is 6.96. The molecule has 1 atom stereocenters. The van der Waals surface area contributed by atoms with Crippen LogP contribution in [0.4, 0.5) is 0 Å². The molecule has 1 fully saturated rings. The van der Waals surface area contributed by atoms with Crippen LogP contribution in [0.25, 0.3) is 5.69 Å². The molecule has 1 N–H and O–H groups in total. The van der Waals surface area contributed by atoms with Crippen molar-refractivity contribution >= 4 is 5.91 Å². The number of benzene rings is 1. The summed E-state index contributed by atoms with van der Waals surface area (Å²) in [5.41, 5.74) is 1.03. The van der Waals surface area contributed by atoms with Crippen molar-refractivity contribution in [1.29, 1.82) is 0 Å². The van der Waals surface area contributed by atoms with Crippen LogP contribution in [0.5, 0.6) is 0 Å². The van der Waals surface area contributed by atoms with Crippen LogP contribution in [-0.2, 0) is 4.74 Å². The van der Waals surface area contributed by atoms with Crippen molar-refractivity contribution < 1.29 is 9.53 Å². The third kappa shape index (κ3) is 4.17. The Morgan fingerprint density at radius 1 is 1.27 bits per heavy atom. The molecule has 1 aliphatic heterocycles. The molecule has 1 aromatic carbocycles. The Kier molecular flexibility index (Phi) is 5.80. The minimum Gasteiger partial charge on any atom is -0.379 e. The van der Waals surface area contributed by atoms with E-state index in [4.69, 9.17) is 4.74 Å². The molecule has 26 heavy (non-hydrogen) atoms. The molecule has 1 saturated heterocycles. The predicted molar refractivity (Wildman–Crippen MR) is 98.8 cm³/mol. The molecule has 1 amide bonds. The van der Waals surface area contributed by atoms with E-state index in [1.807, 2.05) is 30.3 Å². The number of carbonyl (C=O) groups excluding carboxylic acids is 1. The van der Waals surface area contributed by atoms with Gasteiger partial charge in [-0.1, -0.05) is 18.2 Å². The highest BCUT2D eigenvalue weighted by Crippen LogP contribution is 2.08. The summed E-state index contributed by atoms with van der Waals surface area (Å²) in [5.74, 6) is -0.445. The number of ether oxygens (including phenoxy) is 1. The third-order valence-electron chi connectivity index (χ3n) is 4.55. The average molecular weight is 356 g/mol. The van der Waals surface area contributed by atoms with E-state index in [9.17, 15) is 9.59 Å². The fraction of sp³-hybridized carbons (Fsp3) is 0.421. The molecule has 0 aliphatic carbocycles. The summed E-state index contributed by atoms with van der Waals surface area (Å²) in [6.07, 6.45) is 0. The monoisotopic (exact) mass is 356 g/mol. The molecule has 3 rings (SSSR count). The Bertz CT molecular complexity index is 813. The molecule has 2 aromatic rings. The van der Waals surface area contributed by atoms with Gasteiger partial charge in [-0.3, -0.25) is 14.5 Å². The first-order valence-electron chi connectivity index (χ1n) is 8.82. The number of aryl methyl sites for hydroxylation is 1. The molecule has 1 unspecified atom stereocenters. The standard InChI is InChI=1S/C19H24N4O3/c1-14-12-17(24)18(21-23(14)16-6-4-3-5-7-16)19(25)20-13-15(2)22-8-10-26-11-9-22/h3-7,12,15H,8-11,13H2,1-2H3,(H,20,25). The lowest BCUT2D eigenvalue weighted by Gasteiger charge is -2.32. The van der Waals surface area contributed by atoms with Crippen molar-refractivity contribution in [2.45, 2.75) is 19.9 Å². The van der Waals surface area contributed by atoms with Crippen LogP contribution in [0, 0.1) is 6.92 Å². The summed E-state index contributed by atoms with van der Waals surface area (Å²) in [7, 11) is 0. The van der Waals surface area contributed by atoms with E-state index in [0.717, 1.165) is 18.8 Å². The normalized spacial score (nSPS) is 16.2. The number of hydrogen-bond donors (Lipinski definition) is 1. The van der Waals surface area contributed by atoms with E-state index in [2.05, 4.69) is 22.2 Å². The molecule has 0 radical (unpaired) electrons. The number of rotatable bonds is 5. The van der Waals surface area contributed by atoms with Gasteiger partial charge in [-0.15, -0.1) is 0 Å². The van der Waals surface area contributed by atoms with Crippen molar-refractivity contribution in [3.8, 4) is 5.69 Å². The summed E-state index contributed by atoms with van der Waals surface area (Å²) in [4.78, 5) is 27.0. The van der Waals surface area contributed by atoms with Gasteiger partial charge in [0.2, 0.25) is 5.43 Å². The van der Waals surface area contributed by atoms with Crippen LogP contribution < -0.4 is 10.7 Å². The van der Waals surface area contributed by atoms with Gasteiger partial charge < -0.3 is 10.1 Å². The molecule has 0 saturated carbocycles. The maximum atomic E-state index is 12.5. The van der Waals surface area contributed by atoms with Gasteiger partial charge in [-0.25, -0.2) is 4.68 Å². The molecule has 138 valence electrons. The quantitative estimate of drug-likeness (QED) is 0.865. The van der Waals surface area contributed by atoms with Gasteiger partial charge >= 0.3 is 0 Å². The largest absolute Gasteiger partial charge is 0.379 e. The maximum absolute atomic E-state index is 12.5. The summed E-state index contributed by atoms with van der Waals surface area (Å²) >= 11 is 0. The van der Waals surface area contributed by atoms with Gasteiger partial charge in [0.15, 0.2) is 5.69 Å². The van der Waals surface area contributed by atoms with Gasteiger partial charge in [0.25, 0.3) is 5.91 Å². The second-order valence-corrected chi connectivity index (χ2v) is 6.45. The number of amides is 1.